The summed E-state index contributed by atoms with van der Waals surface area (Å²) in [6.45, 7) is 6.64. The van der Waals surface area contributed by atoms with E-state index in [4.69, 9.17) is 11.8 Å². The molecule has 2 aromatic heterocycles. The summed E-state index contributed by atoms with van der Waals surface area (Å²) in [4.78, 5) is 0. The maximum absolute atomic E-state index is 6.25. The molecule has 2 heterocycles. The molecule has 31 heavy (non-hydrogen) atoms. The van der Waals surface area contributed by atoms with Crippen LogP contribution in [0.1, 0.15) is 11.1 Å². The topological polar surface area (TPSA) is 33.6 Å². The largest absolute Gasteiger partial charge is 2.00 e. The van der Waals surface area contributed by atoms with Gasteiger partial charge in [0.05, 0.1) is 0 Å². The standard InChI is InChI=1S/2C11H10N.CN.2BrH.Cu.2Mg/c2*1-2-6-11(7-3-1)10-12-8-4-5-9-12;1-2;;;;;/h2*2-9H,10H2;;2*1H;;;/q3*-1;;;+1;2*+2/p-2. The number of nitrogens with zero attached hydrogens (tertiary/aromatic N) is 3. The Kier molecular flexibility index (Phi) is 29.4. The van der Waals surface area contributed by atoms with Crippen molar-refractivity contribution in [2.45, 2.75) is 13.1 Å². The number of aromatic nitrogens is 2. The normalized spacial score (nSPS) is 7.81. The van der Waals surface area contributed by atoms with Gasteiger partial charge in [0.2, 0.25) is 0 Å². The predicted molar refractivity (Wildman–Crippen MR) is 114 cm³/mol. The molecule has 0 spiro atoms. The van der Waals surface area contributed by atoms with Gasteiger partial charge in [-0.1, -0.05) is 0 Å². The van der Waals surface area contributed by atoms with Gasteiger partial charge < -0.3 is 54.9 Å². The molecule has 3 nitrogen and oxygen atoms in total. The monoisotopic (exact) mass is 607 g/mol. The molecule has 0 saturated carbocycles. The Morgan fingerprint density at radius 1 is 0.613 bits per heavy atom. The molecule has 0 aliphatic rings. The second kappa shape index (κ2) is 24.2. The summed E-state index contributed by atoms with van der Waals surface area (Å²) in [6.07, 6.45) is 8.26. The van der Waals surface area contributed by atoms with Gasteiger partial charge in [0.1, 0.15) is 0 Å². The molecule has 0 unspecified atom stereocenters. The molecule has 0 aliphatic carbocycles. The molecule has 0 atom stereocenters. The van der Waals surface area contributed by atoms with Crippen LogP contribution >= 0.6 is 0 Å². The molecule has 0 bridgehead atoms. The number of halogens is 2. The zero-order chi connectivity index (χ0) is 18.5. The fraction of sp³-hybridized carbons (Fsp3) is 0.0870. The summed E-state index contributed by atoms with van der Waals surface area (Å²) in [7, 11) is 0. The van der Waals surface area contributed by atoms with Crippen LogP contribution in [0.25, 0.3) is 0 Å². The Bertz CT molecular complexity index is 786. The first kappa shape index (κ1) is 37.8. The van der Waals surface area contributed by atoms with Crippen LogP contribution in [0, 0.1) is 24.0 Å². The average Bonchev–Trinajstić information content (AvgIpc) is 3.40. The third-order valence-corrected chi connectivity index (χ3v) is 3.64. The van der Waals surface area contributed by atoms with Gasteiger partial charge in [-0.15, -0.1) is 11.1 Å². The smallest absolute Gasteiger partial charge is 1.00 e. The van der Waals surface area contributed by atoms with E-state index >= 15 is 0 Å². The molecule has 0 aliphatic heterocycles. The van der Waals surface area contributed by atoms with Crippen molar-refractivity contribution in [2.24, 2.45) is 0 Å². The van der Waals surface area contributed by atoms with Crippen LogP contribution in [-0.4, -0.2) is 55.2 Å². The summed E-state index contributed by atoms with van der Waals surface area (Å²) in [6, 6.07) is 30.3. The van der Waals surface area contributed by atoms with Crippen LogP contribution in [0.15, 0.2) is 97.6 Å². The maximum Gasteiger partial charge on any atom is 2.00 e. The summed E-state index contributed by atoms with van der Waals surface area (Å²) in [5.41, 5.74) is 2.62. The van der Waals surface area contributed by atoms with Crippen molar-refractivity contribution >= 4 is 46.1 Å². The zero-order valence-corrected chi connectivity index (χ0v) is 23.9. The van der Waals surface area contributed by atoms with E-state index in [1.54, 1.807) is 0 Å². The van der Waals surface area contributed by atoms with Crippen molar-refractivity contribution in [3.05, 3.63) is 127 Å². The minimum Gasteiger partial charge on any atom is -1.00 e. The van der Waals surface area contributed by atoms with E-state index in [0.717, 1.165) is 13.1 Å². The summed E-state index contributed by atoms with van der Waals surface area (Å²) in [5.74, 6) is 0. The predicted octanol–water partition coefficient (Wildman–Crippen LogP) is -1.99. The van der Waals surface area contributed by atoms with E-state index in [1.165, 1.54) is 11.1 Å². The minimum absolute atomic E-state index is 0. The molecule has 0 fully saturated rings. The van der Waals surface area contributed by atoms with Crippen LogP contribution in [0.2, 0.25) is 0 Å². The minimum atomic E-state index is 0. The van der Waals surface area contributed by atoms with E-state index in [-0.39, 0.29) is 97.1 Å². The van der Waals surface area contributed by atoms with E-state index in [1.807, 2.05) is 48.5 Å². The van der Waals surface area contributed by atoms with Crippen molar-refractivity contribution in [1.29, 1.82) is 5.26 Å². The molecule has 2 aromatic carbocycles. The molecule has 4 rings (SSSR count). The Morgan fingerprint density at radius 3 is 1.13 bits per heavy atom. The van der Waals surface area contributed by atoms with Gasteiger partial charge in [-0.2, -0.15) is 60.7 Å². The van der Waals surface area contributed by atoms with Crippen LogP contribution < -0.4 is 34.0 Å². The zero-order valence-electron chi connectivity index (χ0n) is 17.0. The van der Waals surface area contributed by atoms with Crippen LogP contribution in [0.4, 0.5) is 0 Å². The van der Waals surface area contributed by atoms with Gasteiger partial charge in [0, 0.05) is 37.9 Å². The summed E-state index contributed by atoms with van der Waals surface area (Å²) >= 11 is 0. The molecule has 0 radical (unpaired) electrons. The van der Waals surface area contributed by atoms with Gasteiger partial charge in [0.25, 0.3) is 0 Å². The molecule has 0 amide bonds. The fourth-order valence-electron chi connectivity index (χ4n) is 2.43. The first-order chi connectivity index (χ1) is 12.9. The maximum atomic E-state index is 6.25. The van der Waals surface area contributed by atoms with Gasteiger partial charge in [-0.25, -0.2) is 0 Å². The van der Waals surface area contributed by atoms with Gasteiger partial charge >= 0.3 is 63.2 Å². The van der Waals surface area contributed by atoms with E-state index < -0.39 is 0 Å². The SMILES string of the molecule is [Br-].[Br-].[C-]#N.[Cu+].[Mg+2].[Mg+2].[c-]1ccc(Cn2cccc2)cc1.[c-]1ccc(Cn2cccc2)cc1. The van der Waals surface area contributed by atoms with E-state index in [2.05, 4.69) is 70.3 Å². The van der Waals surface area contributed by atoms with Gasteiger partial charge in [-0.05, 0) is 24.3 Å². The molecule has 0 saturated heterocycles. The Labute approximate surface area is 249 Å². The number of benzene rings is 2. The molecular weight excluding hydrogens is 590 g/mol. The Balaban J connectivity index is -0.000000189. The third-order valence-electron chi connectivity index (χ3n) is 3.64. The van der Waals surface area contributed by atoms with Crippen molar-refractivity contribution < 1.29 is 51.0 Å². The quantitative estimate of drug-likeness (QED) is 0.195. The molecule has 4 aromatic rings. The average molecular weight is 610 g/mol. The first-order valence-electron chi connectivity index (χ1n) is 8.24. The summed E-state index contributed by atoms with van der Waals surface area (Å²) < 4.78 is 4.30. The van der Waals surface area contributed by atoms with E-state index in [9.17, 15) is 0 Å². The van der Waals surface area contributed by atoms with Crippen molar-refractivity contribution in [3.63, 3.8) is 0 Å². The number of rotatable bonds is 4. The molecular formula is C23H20Br2CuMg2N3. The number of hydrogen-bond acceptors (Lipinski definition) is 1. The molecule has 8 heteroatoms. The summed E-state index contributed by atoms with van der Waals surface area (Å²) in [5, 5.41) is 6.25. The van der Waals surface area contributed by atoms with Crippen LogP contribution in [0.3, 0.4) is 0 Å². The third kappa shape index (κ3) is 15.9. The first-order valence-corrected chi connectivity index (χ1v) is 8.24. The fourth-order valence-corrected chi connectivity index (χ4v) is 2.43. The second-order valence-electron chi connectivity index (χ2n) is 5.53. The second-order valence-corrected chi connectivity index (χ2v) is 5.53. The van der Waals surface area contributed by atoms with Crippen molar-refractivity contribution in [3.8, 4) is 0 Å². The molecule has 0 N–H and O–H groups in total. The van der Waals surface area contributed by atoms with E-state index in [0.29, 0.717) is 0 Å². The Morgan fingerprint density at radius 2 is 0.871 bits per heavy atom. The van der Waals surface area contributed by atoms with Crippen molar-refractivity contribution in [2.75, 3.05) is 0 Å². The van der Waals surface area contributed by atoms with Crippen molar-refractivity contribution in [1.82, 2.24) is 9.13 Å². The number of hydrogen-bond donors (Lipinski definition) is 0. The van der Waals surface area contributed by atoms with Gasteiger partial charge in [0.15, 0.2) is 0 Å². The molecule has 156 valence electrons. The van der Waals surface area contributed by atoms with Gasteiger partial charge in [-0.3, -0.25) is 0 Å². The van der Waals surface area contributed by atoms with Crippen LogP contribution in [0.5, 0.6) is 0 Å². The van der Waals surface area contributed by atoms with Crippen LogP contribution in [-0.2, 0) is 30.2 Å². The Hall–Kier alpha value is -0.498.